The third kappa shape index (κ3) is 5.43. The number of benzene rings is 3. The number of methoxy groups -OCH3 is 1. The summed E-state index contributed by atoms with van der Waals surface area (Å²) in [5.74, 6) is 1.05. The van der Waals surface area contributed by atoms with E-state index in [4.69, 9.17) is 44.3 Å². The molecule has 0 aromatic heterocycles. The Balaban J connectivity index is 1.75. The second kappa shape index (κ2) is 9.81. The van der Waals surface area contributed by atoms with Crippen LogP contribution in [-0.4, -0.2) is 12.2 Å². The molecule has 0 atom stereocenters. The molecule has 3 rings (SSSR count). The van der Waals surface area contributed by atoms with E-state index >= 15 is 0 Å². The molecule has 0 amide bonds. The summed E-state index contributed by atoms with van der Waals surface area (Å²) in [4.78, 5) is 0. The highest BCUT2D eigenvalue weighted by Crippen LogP contribution is 2.37. The molecule has 0 heterocycles. The van der Waals surface area contributed by atoms with E-state index < -0.39 is 0 Å². The molecule has 29 heavy (non-hydrogen) atoms. The third-order valence-corrected chi connectivity index (χ3v) is 5.86. The lowest BCUT2D eigenvalue weighted by Gasteiger charge is -2.15. The molecule has 0 spiro atoms. The number of anilines is 1. The van der Waals surface area contributed by atoms with Gasteiger partial charge in [0.15, 0.2) is 17.2 Å². The highest BCUT2D eigenvalue weighted by Gasteiger charge is 2.12. The summed E-state index contributed by atoms with van der Waals surface area (Å²) in [6, 6.07) is 14.5. The molecule has 0 aliphatic rings. The van der Waals surface area contributed by atoms with E-state index in [1.807, 2.05) is 36.4 Å². The minimum atomic E-state index is -0.137. The molecular formula is C21H17BrCl3NO3. The molecular weight excluding hydrogens is 500 g/mol. The zero-order chi connectivity index (χ0) is 21.0. The molecule has 2 N–H and O–H groups in total. The molecule has 0 saturated carbocycles. The molecule has 0 fully saturated rings. The van der Waals surface area contributed by atoms with Crippen molar-refractivity contribution in [3.8, 4) is 17.2 Å². The van der Waals surface area contributed by atoms with Crippen LogP contribution < -0.4 is 14.8 Å². The van der Waals surface area contributed by atoms with E-state index in [0.717, 1.165) is 15.6 Å². The van der Waals surface area contributed by atoms with Crippen LogP contribution in [0.15, 0.2) is 53.0 Å². The number of phenols is 1. The Hall–Kier alpha value is -1.79. The van der Waals surface area contributed by atoms with Gasteiger partial charge < -0.3 is 19.9 Å². The highest BCUT2D eigenvalue weighted by atomic mass is 79.9. The highest BCUT2D eigenvalue weighted by molar-refractivity contribution is 9.10. The molecule has 0 aliphatic heterocycles. The molecule has 0 bridgehead atoms. The van der Waals surface area contributed by atoms with Crippen molar-refractivity contribution in [2.45, 2.75) is 13.2 Å². The lowest BCUT2D eigenvalue weighted by Crippen LogP contribution is -2.03. The third-order valence-electron chi connectivity index (χ3n) is 4.17. The van der Waals surface area contributed by atoms with Gasteiger partial charge in [-0.2, -0.15) is 0 Å². The van der Waals surface area contributed by atoms with Gasteiger partial charge in [0.1, 0.15) is 6.61 Å². The van der Waals surface area contributed by atoms with Crippen LogP contribution in [-0.2, 0) is 13.2 Å². The maximum absolute atomic E-state index is 9.67. The summed E-state index contributed by atoms with van der Waals surface area (Å²) >= 11 is 21.7. The van der Waals surface area contributed by atoms with Crippen LogP contribution in [0.5, 0.6) is 17.2 Å². The van der Waals surface area contributed by atoms with Crippen LogP contribution in [0.25, 0.3) is 0 Å². The summed E-state index contributed by atoms with van der Waals surface area (Å²) in [6.45, 7) is 0.795. The maximum atomic E-state index is 9.67. The fraction of sp³-hybridized carbons (Fsp3) is 0.143. The predicted molar refractivity (Wildman–Crippen MR) is 122 cm³/mol. The zero-order valence-electron chi connectivity index (χ0n) is 15.3. The van der Waals surface area contributed by atoms with Gasteiger partial charge in [-0.1, -0.05) is 68.9 Å². The van der Waals surface area contributed by atoms with E-state index in [9.17, 15) is 5.11 Å². The summed E-state index contributed by atoms with van der Waals surface area (Å²) in [5.41, 5.74) is 2.51. The monoisotopic (exact) mass is 515 g/mol. The summed E-state index contributed by atoms with van der Waals surface area (Å²) in [7, 11) is 1.59. The minimum Gasteiger partial charge on any atom is -0.505 e. The summed E-state index contributed by atoms with van der Waals surface area (Å²) < 4.78 is 12.2. The number of rotatable bonds is 7. The Morgan fingerprint density at radius 3 is 2.28 bits per heavy atom. The maximum Gasteiger partial charge on any atom is 0.162 e. The number of hydrogen-bond acceptors (Lipinski definition) is 4. The van der Waals surface area contributed by atoms with Crippen molar-refractivity contribution < 1.29 is 14.6 Å². The molecule has 0 unspecified atom stereocenters. The van der Waals surface area contributed by atoms with Gasteiger partial charge in [0.05, 0.1) is 17.2 Å². The molecule has 3 aromatic rings. The van der Waals surface area contributed by atoms with E-state index in [1.165, 1.54) is 0 Å². The van der Waals surface area contributed by atoms with E-state index in [2.05, 4.69) is 21.2 Å². The molecule has 0 saturated heterocycles. The molecule has 4 nitrogen and oxygen atoms in total. The first-order valence-corrected chi connectivity index (χ1v) is 10.5. The van der Waals surface area contributed by atoms with Crippen molar-refractivity contribution >= 4 is 56.4 Å². The number of halogens is 4. The predicted octanol–water partition coefficient (Wildman–Crippen LogP) is 7.31. The average Bonchev–Trinajstić information content (AvgIpc) is 2.70. The SMILES string of the molecule is COc1cc(CNc2cc(Cl)c(O)c(Cl)c2)c(Br)cc1OCc1ccccc1Cl. The zero-order valence-corrected chi connectivity index (χ0v) is 19.2. The fourth-order valence-electron chi connectivity index (χ4n) is 2.62. The number of nitrogens with one attached hydrogen (secondary N) is 1. The number of ether oxygens (including phenoxy) is 2. The Morgan fingerprint density at radius 1 is 0.931 bits per heavy atom. The molecule has 3 aromatic carbocycles. The van der Waals surface area contributed by atoms with Crippen LogP contribution in [0.1, 0.15) is 11.1 Å². The normalized spacial score (nSPS) is 10.7. The van der Waals surface area contributed by atoms with Gasteiger partial charge in [-0.3, -0.25) is 0 Å². The lowest BCUT2D eigenvalue weighted by atomic mass is 10.2. The molecule has 152 valence electrons. The lowest BCUT2D eigenvalue weighted by molar-refractivity contribution is 0.284. The van der Waals surface area contributed by atoms with Crippen LogP contribution in [0, 0.1) is 0 Å². The van der Waals surface area contributed by atoms with Crippen LogP contribution in [0.2, 0.25) is 15.1 Å². The first kappa shape index (κ1) is 21.9. The average molecular weight is 518 g/mol. The van der Waals surface area contributed by atoms with Gasteiger partial charge in [-0.15, -0.1) is 0 Å². The molecule has 8 heteroatoms. The van der Waals surface area contributed by atoms with Crippen molar-refractivity contribution in [2.75, 3.05) is 12.4 Å². The minimum absolute atomic E-state index is 0.137. The van der Waals surface area contributed by atoms with Gasteiger partial charge >= 0.3 is 0 Å². The quantitative estimate of drug-likeness (QED) is 0.323. The van der Waals surface area contributed by atoms with Crippen molar-refractivity contribution in [1.82, 2.24) is 0 Å². The van der Waals surface area contributed by atoms with Crippen molar-refractivity contribution in [3.63, 3.8) is 0 Å². The van der Waals surface area contributed by atoms with Gasteiger partial charge in [0, 0.05) is 27.3 Å². The number of phenolic OH excluding ortho intramolecular Hbond substituents is 1. The van der Waals surface area contributed by atoms with Gasteiger partial charge in [0.2, 0.25) is 0 Å². The van der Waals surface area contributed by atoms with E-state index in [1.54, 1.807) is 19.2 Å². The van der Waals surface area contributed by atoms with E-state index in [-0.39, 0.29) is 15.8 Å². The van der Waals surface area contributed by atoms with Gasteiger partial charge in [-0.05, 0) is 35.9 Å². The van der Waals surface area contributed by atoms with E-state index in [0.29, 0.717) is 35.4 Å². The van der Waals surface area contributed by atoms with Crippen molar-refractivity contribution in [3.05, 3.63) is 79.2 Å². The topological polar surface area (TPSA) is 50.7 Å². The second-order valence-electron chi connectivity index (χ2n) is 6.12. The second-order valence-corrected chi connectivity index (χ2v) is 8.19. The Kier molecular flexibility index (Phi) is 7.41. The van der Waals surface area contributed by atoms with Crippen LogP contribution >= 0.6 is 50.7 Å². The number of hydrogen-bond donors (Lipinski definition) is 2. The Labute approximate surface area is 192 Å². The fourth-order valence-corrected chi connectivity index (χ4v) is 3.76. The smallest absolute Gasteiger partial charge is 0.162 e. The molecule has 0 radical (unpaired) electrons. The van der Waals surface area contributed by atoms with Crippen LogP contribution in [0.3, 0.4) is 0 Å². The first-order chi connectivity index (χ1) is 13.9. The van der Waals surface area contributed by atoms with Crippen LogP contribution in [0.4, 0.5) is 5.69 Å². The standard InChI is InChI=1S/C21H17BrCl3NO3/c1-28-19-6-13(10-26-14-7-17(24)21(27)18(25)8-14)15(22)9-20(19)29-11-12-4-2-3-5-16(12)23/h2-9,26-27H,10-11H2,1H3. The number of aromatic hydroxyl groups is 1. The van der Waals surface area contributed by atoms with Gasteiger partial charge in [0.25, 0.3) is 0 Å². The Morgan fingerprint density at radius 2 is 1.62 bits per heavy atom. The first-order valence-electron chi connectivity index (χ1n) is 8.53. The summed E-state index contributed by atoms with van der Waals surface area (Å²) in [5, 5.41) is 13.9. The van der Waals surface area contributed by atoms with Crippen molar-refractivity contribution in [1.29, 1.82) is 0 Å². The summed E-state index contributed by atoms with van der Waals surface area (Å²) in [6.07, 6.45) is 0. The largest absolute Gasteiger partial charge is 0.505 e. The Bertz CT molecular complexity index is 1010. The molecule has 0 aliphatic carbocycles. The van der Waals surface area contributed by atoms with Crippen molar-refractivity contribution in [2.24, 2.45) is 0 Å². The van der Waals surface area contributed by atoms with Gasteiger partial charge in [-0.25, -0.2) is 0 Å².